The molecule has 1 aliphatic heterocycles. The molecule has 1 N–H and O–H groups in total. The highest BCUT2D eigenvalue weighted by atomic mass is 35.5. The van der Waals surface area contributed by atoms with Crippen LogP contribution in [-0.2, 0) is 13.0 Å². The smallest absolute Gasteiger partial charge is 0.122 e. The van der Waals surface area contributed by atoms with Crippen molar-refractivity contribution in [3.63, 3.8) is 0 Å². The van der Waals surface area contributed by atoms with E-state index in [0.29, 0.717) is 0 Å². The third-order valence-corrected chi connectivity index (χ3v) is 3.99. The van der Waals surface area contributed by atoms with Gasteiger partial charge in [0, 0.05) is 18.0 Å². The van der Waals surface area contributed by atoms with Crippen molar-refractivity contribution < 1.29 is 4.74 Å². The highest BCUT2D eigenvalue weighted by Crippen LogP contribution is 2.32. The summed E-state index contributed by atoms with van der Waals surface area (Å²) in [6.07, 6.45) is 0.995. The van der Waals surface area contributed by atoms with Crippen molar-refractivity contribution in [3.05, 3.63) is 52.5 Å². The first-order chi connectivity index (χ1) is 9.78. The van der Waals surface area contributed by atoms with Gasteiger partial charge >= 0.3 is 0 Å². The third kappa shape index (κ3) is 2.67. The normalized spacial score (nSPS) is 13.1. The summed E-state index contributed by atoms with van der Waals surface area (Å²) in [6.45, 7) is 4.65. The first-order valence-electron chi connectivity index (χ1n) is 7.03. The Morgan fingerprint density at radius 1 is 1.15 bits per heavy atom. The maximum Gasteiger partial charge on any atom is 0.122 e. The first kappa shape index (κ1) is 13.5. The Hall–Kier alpha value is -1.51. The van der Waals surface area contributed by atoms with Gasteiger partial charge in [0.1, 0.15) is 5.75 Å². The molecule has 104 valence electrons. The van der Waals surface area contributed by atoms with Crippen LogP contribution in [-0.4, -0.2) is 13.2 Å². The molecule has 0 amide bonds. The molecule has 0 unspecified atom stereocenters. The van der Waals surface area contributed by atoms with Crippen LogP contribution >= 0.6 is 11.6 Å². The number of rotatable bonds is 4. The van der Waals surface area contributed by atoms with Gasteiger partial charge in [0.05, 0.1) is 6.61 Å². The van der Waals surface area contributed by atoms with Crippen LogP contribution in [0.2, 0.25) is 5.02 Å². The fourth-order valence-electron chi connectivity index (χ4n) is 2.50. The van der Waals surface area contributed by atoms with E-state index in [0.717, 1.165) is 48.0 Å². The van der Waals surface area contributed by atoms with E-state index < -0.39 is 0 Å². The lowest BCUT2D eigenvalue weighted by atomic mass is 10.0. The predicted molar refractivity (Wildman–Crippen MR) is 83.5 cm³/mol. The minimum Gasteiger partial charge on any atom is -0.493 e. The molecule has 0 aromatic heterocycles. The third-order valence-electron chi connectivity index (χ3n) is 3.64. The molecule has 2 nitrogen and oxygen atoms in total. The summed E-state index contributed by atoms with van der Waals surface area (Å²) >= 11 is 6.37. The minimum atomic E-state index is 0.793. The van der Waals surface area contributed by atoms with E-state index in [1.165, 1.54) is 11.1 Å². The Bertz CT molecular complexity index is 624. The van der Waals surface area contributed by atoms with Crippen LogP contribution in [0, 0.1) is 0 Å². The van der Waals surface area contributed by atoms with Gasteiger partial charge in [-0.2, -0.15) is 0 Å². The maximum atomic E-state index is 6.37. The summed E-state index contributed by atoms with van der Waals surface area (Å²) in [5.41, 5.74) is 4.79. The molecule has 20 heavy (non-hydrogen) atoms. The van der Waals surface area contributed by atoms with Gasteiger partial charge in [-0.25, -0.2) is 0 Å². The van der Waals surface area contributed by atoms with Gasteiger partial charge < -0.3 is 10.1 Å². The van der Waals surface area contributed by atoms with Gasteiger partial charge in [0.15, 0.2) is 0 Å². The van der Waals surface area contributed by atoms with E-state index in [1.807, 2.05) is 6.07 Å². The van der Waals surface area contributed by atoms with Gasteiger partial charge in [-0.05, 0) is 47.0 Å². The van der Waals surface area contributed by atoms with Crippen molar-refractivity contribution in [3.8, 4) is 16.9 Å². The van der Waals surface area contributed by atoms with Crippen LogP contribution in [0.5, 0.6) is 5.75 Å². The molecule has 3 heteroatoms. The fourth-order valence-corrected chi connectivity index (χ4v) is 2.74. The van der Waals surface area contributed by atoms with Crippen LogP contribution in [0.4, 0.5) is 0 Å². The van der Waals surface area contributed by atoms with E-state index in [1.54, 1.807) is 0 Å². The van der Waals surface area contributed by atoms with E-state index in [-0.39, 0.29) is 0 Å². The van der Waals surface area contributed by atoms with Crippen LogP contribution in [0.1, 0.15) is 18.1 Å². The van der Waals surface area contributed by atoms with Gasteiger partial charge in [0.2, 0.25) is 0 Å². The number of hydrogen-bond donors (Lipinski definition) is 1. The second-order valence-corrected chi connectivity index (χ2v) is 5.41. The number of benzene rings is 2. The number of halogens is 1. The molecule has 0 bridgehead atoms. The number of nitrogens with one attached hydrogen (secondary N) is 1. The minimum absolute atomic E-state index is 0.793. The van der Waals surface area contributed by atoms with Crippen LogP contribution < -0.4 is 10.1 Å². The summed E-state index contributed by atoms with van der Waals surface area (Å²) in [5, 5.41) is 4.12. The van der Waals surface area contributed by atoms with E-state index in [9.17, 15) is 0 Å². The zero-order valence-corrected chi connectivity index (χ0v) is 12.3. The fraction of sp³-hybridized carbons (Fsp3) is 0.294. The van der Waals surface area contributed by atoms with Crippen molar-refractivity contribution in [2.75, 3.05) is 13.2 Å². The van der Waals surface area contributed by atoms with Crippen molar-refractivity contribution in [1.82, 2.24) is 5.32 Å². The maximum absolute atomic E-state index is 6.37. The van der Waals surface area contributed by atoms with E-state index in [2.05, 4.69) is 42.6 Å². The van der Waals surface area contributed by atoms with Crippen molar-refractivity contribution >= 4 is 11.6 Å². The molecular formula is C17H18ClNO. The Balaban J connectivity index is 1.89. The molecule has 0 saturated carbocycles. The standard InChI is InChI=1S/C17H18ClNO/c1-2-19-11-15-4-3-13(10-16(15)18)12-5-6-17-14(9-12)7-8-20-17/h3-6,9-10,19H,2,7-8,11H2,1H3. The Morgan fingerprint density at radius 3 is 2.75 bits per heavy atom. The second kappa shape index (κ2) is 5.86. The SMILES string of the molecule is CCNCc1ccc(-c2ccc3c(c2)CCO3)cc1Cl. The van der Waals surface area contributed by atoms with Gasteiger partial charge in [-0.15, -0.1) is 0 Å². The zero-order chi connectivity index (χ0) is 13.9. The predicted octanol–water partition coefficient (Wildman–Crippen LogP) is 4.05. The molecule has 3 rings (SSSR count). The van der Waals surface area contributed by atoms with Crippen LogP contribution in [0.15, 0.2) is 36.4 Å². The largest absolute Gasteiger partial charge is 0.493 e. The van der Waals surface area contributed by atoms with Crippen LogP contribution in [0.25, 0.3) is 11.1 Å². The molecule has 1 aliphatic rings. The van der Waals surface area contributed by atoms with Crippen molar-refractivity contribution in [1.29, 1.82) is 0 Å². The van der Waals surface area contributed by atoms with Crippen molar-refractivity contribution in [2.24, 2.45) is 0 Å². The molecule has 0 fully saturated rings. The lowest BCUT2D eigenvalue weighted by Crippen LogP contribution is -2.11. The first-order valence-corrected chi connectivity index (χ1v) is 7.41. The molecule has 1 heterocycles. The topological polar surface area (TPSA) is 21.3 Å². The zero-order valence-electron chi connectivity index (χ0n) is 11.6. The number of ether oxygens (including phenoxy) is 1. The Kier molecular flexibility index (Phi) is 3.95. The molecule has 0 radical (unpaired) electrons. The quantitative estimate of drug-likeness (QED) is 0.916. The number of fused-ring (bicyclic) bond motifs is 1. The summed E-state index contributed by atoms with van der Waals surface area (Å²) in [6, 6.07) is 12.6. The molecule has 0 saturated heterocycles. The molecule has 2 aromatic carbocycles. The Labute approximate surface area is 124 Å². The molecule has 2 aromatic rings. The molecule has 0 spiro atoms. The molecule has 0 atom stereocenters. The van der Waals surface area contributed by atoms with E-state index in [4.69, 9.17) is 16.3 Å². The lowest BCUT2D eigenvalue weighted by Gasteiger charge is -2.09. The average molecular weight is 288 g/mol. The summed E-state index contributed by atoms with van der Waals surface area (Å²) in [4.78, 5) is 0. The van der Waals surface area contributed by atoms with Crippen molar-refractivity contribution in [2.45, 2.75) is 19.9 Å². The second-order valence-electron chi connectivity index (χ2n) is 5.01. The van der Waals surface area contributed by atoms with Gasteiger partial charge in [-0.1, -0.05) is 36.7 Å². The monoisotopic (exact) mass is 287 g/mol. The molecular weight excluding hydrogens is 270 g/mol. The van der Waals surface area contributed by atoms with E-state index >= 15 is 0 Å². The number of hydrogen-bond acceptors (Lipinski definition) is 2. The summed E-state index contributed by atoms with van der Waals surface area (Å²) in [5.74, 6) is 1.02. The highest BCUT2D eigenvalue weighted by molar-refractivity contribution is 6.31. The average Bonchev–Trinajstić information content (AvgIpc) is 2.93. The summed E-state index contributed by atoms with van der Waals surface area (Å²) in [7, 11) is 0. The Morgan fingerprint density at radius 2 is 1.95 bits per heavy atom. The summed E-state index contributed by atoms with van der Waals surface area (Å²) < 4.78 is 5.54. The molecule has 0 aliphatic carbocycles. The van der Waals surface area contributed by atoms with Gasteiger partial charge in [0.25, 0.3) is 0 Å². The highest BCUT2D eigenvalue weighted by Gasteiger charge is 2.13. The van der Waals surface area contributed by atoms with Gasteiger partial charge in [-0.3, -0.25) is 0 Å². The van der Waals surface area contributed by atoms with Crippen LogP contribution in [0.3, 0.4) is 0 Å². The lowest BCUT2D eigenvalue weighted by molar-refractivity contribution is 0.357.